The first-order valence-electron chi connectivity index (χ1n) is 4.68. The number of nitrogens with one attached hydrogen (secondary N) is 1. The van der Waals surface area contributed by atoms with Crippen LogP contribution in [0.25, 0.3) is 0 Å². The molecule has 1 aliphatic rings. The molecule has 0 bridgehead atoms. The molecular formula is C10H13FN2. The van der Waals surface area contributed by atoms with E-state index in [0.717, 1.165) is 31.5 Å². The first kappa shape index (κ1) is 8.63. The van der Waals surface area contributed by atoms with Crippen molar-refractivity contribution in [2.45, 2.75) is 18.8 Å². The van der Waals surface area contributed by atoms with Crippen LogP contribution in [0.2, 0.25) is 0 Å². The summed E-state index contributed by atoms with van der Waals surface area (Å²) in [5, 5.41) is 3.29. The summed E-state index contributed by atoms with van der Waals surface area (Å²) in [7, 11) is 0. The van der Waals surface area contributed by atoms with Gasteiger partial charge in [0.2, 0.25) is 5.95 Å². The fraction of sp³-hybridized carbons (Fsp3) is 0.500. The van der Waals surface area contributed by atoms with Crippen LogP contribution < -0.4 is 5.32 Å². The molecule has 0 saturated carbocycles. The lowest BCUT2D eigenvalue weighted by Gasteiger charge is -2.22. The number of nitrogens with zero attached hydrogens (tertiary/aromatic N) is 1. The predicted molar refractivity (Wildman–Crippen MR) is 49.0 cm³/mol. The molecule has 1 aromatic rings. The molecule has 2 rings (SSSR count). The van der Waals surface area contributed by atoms with Crippen LogP contribution in [-0.4, -0.2) is 18.1 Å². The molecule has 1 N–H and O–H groups in total. The van der Waals surface area contributed by atoms with Gasteiger partial charge in [0.25, 0.3) is 0 Å². The van der Waals surface area contributed by atoms with Gasteiger partial charge in [-0.15, -0.1) is 0 Å². The number of halogens is 1. The standard InChI is InChI=1S/C10H13FN2/c11-10-7-9(3-6-13-10)8-1-4-12-5-2-8/h3,6-8,12H,1-2,4-5H2. The summed E-state index contributed by atoms with van der Waals surface area (Å²) in [5.74, 6) is 0.148. The maximum Gasteiger partial charge on any atom is 0.213 e. The van der Waals surface area contributed by atoms with Crippen LogP contribution in [0.5, 0.6) is 0 Å². The van der Waals surface area contributed by atoms with Gasteiger partial charge >= 0.3 is 0 Å². The molecule has 1 aliphatic heterocycles. The zero-order valence-electron chi connectivity index (χ0n) is 7.46. The van der Waals surface area contributed by atoms with Gasteiger partial charge in [0.05, 0.1) is 0 Å². The Hall–Kier alpha value is -0.960. The summed E-state index contributed by atoms with van der Waals surface area (Å²) in [6.45, 7) is 2.07. The Labute approximate surface area is 77.2 Å². The second-order valence-corrected chi connectivity index (χ2v) is 3.44. The largest absolute Gasteiger partial charge is 0.317 e. The van der Waals surface area contributed by atoms with Crippen molar-refractivity contribution in [2.75, 3.05) is 13.1 Å². The van der Waals surface area contributed by atoms with Crippen molar-refractivity contribution in [2.24, 2.45) is 0 Å². The molecule has 0 radical (unpaired) electrons. The van der Waals surface area contributed by atoms with Crippen molar-refractivity contribution in [1.29, 1.82) is 0 Å². The van der Waals surface area contributed by atoms with E-state index in [1.165, 1.54) is 0 Å². The van der Waals surface area contributed by atoms with Crippen molar-refractivity contribution in [3.05, 3.63) is 29.8 Å². The van der Waals surface area contributed by atoms with Crippen molar-refractivity contribution in [1.82, 2.24) is 10.3 Å². The predicted octanol–water partition coefficient (Wildman–Crippen LogP) is 1.69. The highest BCUT2D eigenvalue weighted by Gasteiger charge is 2.15. The fourth-order valence-corrected chi connectivity index (χ4v) is 1.83. The minimum Gasteiger partial charge on any atom is -0.317 e. The van der Waals surface area contributed by atoms with Gasteiger partial charge in [0, 0.05) is 6.20 Å². The molecule has 1 aromatic heterocycles. The first-order chi connectivity index (χ1) is 6.36. The minimum absolute atomic E-state index is 0.365. The monoisotopic (exact) mass is 180 g/mol. The summed E-state index contributed by atoms with van der Waals surface area (Å²) in [6.07, 6.45) is 3.75. The van der Waals surface area contributed by atoms with Crippen molar-refractivity contribution < 1.29 is 4.39 Å². The van der Waals surface area contributed by atoms with Crippen LogP contribution in [0.3, 0.4) is 0 Å². The van der Waals surface area contributed by atoms with E-state index in [2.05, 4.69) is 10.3 Å². The van der Waals surface area contributed by atoms with E-state index < -0.39 is 0 Å². The molecule has 0 amide bonds. The van der Waals surface area contributed by atoms with E-state index in [-0.39, 0.29) is 5.95 Å². The highest BCUT2D eigenvalue weighted by Crippen LogP contribution is 2.24. The molecule has 1 fully saturated rings. The van der Waals surface area contributed by atoms with Gasteiger partial charge in [0.1, 0.15) is 0 Å². The molecule has 2 nitrogen and oxygen atoms in total. The van der Waals surface area contributed by atoms with Crippen LogP contribution in [0.15, 0.2) is 18.3 Å². The van der Waals surface area contributed by atoms with E-state index in [4.69, 9.17) is 0 Å². The number of hydrogen-bond donors (Lipinski definition) is 1. The molecule has 0 spiro atoms. The first-order valence-corrected chi connectivity index (χ1v) is 4.68. The van der Waals surface area contributed by atoms with E-state index in [9.17, 15) is 4.39 Å². The topological polar surface area (TPSA) is 24.9 Å². The number of hydrogen-bond acceptors (Lipinski definition) is 2. The third-order valence-corrected chi connectivity index (χ3v) is 2.56. The normalized spacial score (nSPS) is 18.8. The summed E-state index contributed by atoms with van der Waals surface area (Å²) in [6, 6.07) is 3.47. The molecule has 0 aliphatic carbocycles. The van der Waals surface area contributed by atoms with Crippen LogP contribution in [0, 0.1) is 5.95 Å². The van der Waals surface area contributed by atoms with Crippen molar-refractivity contribution in [3.63, 3.8) is 0 Å². The smallest absolute Gasteiger partial charge is 0.213 e. The molecule has 2 heterocycles. The van der Waals surface area contributed by atoms with E-state index >= 15 is 0 Å². The maximum atomic E-state index is 12.8. The van der Waals surface area contributed by atoms with E-state index in [0.29, 0.717) is 5.92 Å². The lowest BCUT2D eigenvalue weighted by molar-refractivity contribution is 0.457. The van der Waals surface area contributed by atoms with Crippen LogP contribution in [-0.2, 0) is 0 Å². The Kier molecular flexibility index (Phi) is 2.54. The summed E-state index contributed by atoms with van der Waals surface area (Å²) < 4.78 is 12.8. The average molecular weight is 180 g/mol. The number of piperidine rings is 1. The third-order valence-electron chi connectivity index (χ3n) is 2.56. The molecule has 13 heavy (non-hydrogen) atoms. The van der Waals surface area contributed by atoms with Gasteiger partial charge in [-0.2, -0.15) is 4.39 Å². The highest BCUT2D eigenvalue weighted by molar-refractivity contribution is 5.17. The summed E-state index contributed by atoms with van der Waals surface area (Å²) in [4.78, 5) is 3.55. The molecule has 70 valence electrons. The number of pyridine rings is 1. The lowest BCUT2D eigenvalue weighted by atomic mass is 9.91. The van der Waals surface area contributed by atoms with Crippen molar-refractivity contribution >= 4 is 0 Å². The van der Waals surface area contributed by atoms with Gasteiger partial charge < -0.3 is 5.32 Å². The summed E-state index contributed by atoms with van der Waals surface area (Å²) in [5.41, 5.74) is 1.09. The van der Waals surface area contributed by atoms with Gasteiger partial charge in [0.15, 0.2) is 0 Å². The molecule has 0 atom stereocenters. The van der Waals surface area contributed by atoms with Crippen molar-refractivity contribution in [3.8, 4) is 0 Å². The molecule has 3 heteroatoms. The zero-order valence-corrected chi connectivity index (χ0v) is 7.46. The van der Waals surface area contributed by atoms with Crippen LogP contribution in [0.1, 0.15) is 24.3 Å². The Bertz CT molecular complexity index is 282. The molecule has 0 unspecified atom stereocenters. The lowest BCUT2D eigenvalue weighted by Crippen LogP contribution is -2.26. The zero-order chi connectivity index (χ0) is 9.10. The maximum absolute atomic E-state index is 12.8. The Morgan fingerprint density at radius 2 is 2.15 bits per heavy atom. The molecule has 1 saturated heterocycles. The van der Waals surface area contributed by atoms with Crippen LogP contribution >= 0.6 is 0 Å². The number of aromatic nitrogens is 1. The Morgan fingerprint density at radius 3 is 2.85 bits per heavy atom. The van der Waals surface area contributed by atoms with Gasteiger partial charge in [-0.3, -0.25) is 0 Å². The Morgan fingerprint density at radius 1 is 1.38 bits per heavy atom. The van der Waals surface area contributed by atoms with Crippen LogP contribution in [0.4, 0.5) is 4.39 Å². The van der Waals surface area contributed by atoms with E-state index in [1.54, 1.807) is 12.3 Å². The number of rotatable bonds is 1. The SMILES string of the molecule is Fc1cc(C2CCNCC2)ccn1. The molecular weight excluding hydrogens is 167 g/mol. The van der Waals surface area contributed by atoms with Gasteiger partial charge in [-0.25, -0.2) is 4.98 Å². The van der Waals surface area contributed by atoms with Gasteiger partial charge in [-0.05, 0) is 49.5 Å². The second kappa shape index (κ2) is 3.83. The summed E-state index contributed by atoms with van der Waals surface area (Å²) >= 11 is 0. The Balaban J connectivity index is 2.14. The van der Waals surface area contributed by atoms with E-state index in [1.807, 2.05) is 6.07 Å². The highest BCUT2D eigenvalue weighted by atomic mass is 19.1. The minimum atomic E-state index is -0.365. The molecule has 0 aromatic carbocycles. The average Bonchev–Trinajstić information content (AvgIpc) is 2.19. The quantitative estimate of drug-likeness (QED) is 0.665. The second-order valence-electron chi connectivity index (χ2n) is 3.44. The fourth-order valence-electron chi connectivity index (χ4n) is 1.83. The van der Waals surface area contributed by atoms with Gasteiger partial charge in [-0.1, -0.05) is 0 Å². The third kappa shape index (κ3) is 2.04.